The molecule has 2 aliphatic rings. The Morgan fingerprint density at radius 1 is 1.07 bits per heavy atom. The van der Waals surface area contributed by atoms with Crippen molar-refractivity contribution in [2.75, 3.05) is 26.0 Å². The number of benzene rings is 2. The molecule has 4 nitrogen and oxygen atoms in total. The molecule has 1 atom stereocenters. The van der Waals surface area contributed by atoms with E-state index < -0.39 is 0 Å². The van der Waals surface area contributed by atoms with Gasteiger partial charge in [0.1, 0.15) is 0 Å². The van der Waals surface area contributed by atoms with Crippen LogP contribution in [0.2, 0.25) is 0 Å². The number of rotatable bonds is 5. The Morgan fingerprint density at radius 2 is 1.87 bits per heavy atom. The molecule has 30 heavy (non-hydrogen) atoms. The smallest absolute Gasteiger partial charge is 0.255 e. The van der Waals surface area contributed by atoms with Crippen LogP contribution in [0.1, 0.15) is 39.9 Å². The van der Waals surface area contributed by atoms with Crippen LogP contribution in [0.15, 0.2) is 60.7 Å². The summed E-state index contributed by atoms with van der Waals surface area (Å²) in [4.78, 5) is 26.3. The van der Waals surface area contributed by atoms with Gasteiger partial charge >= 0.3 is 0 Å². The average molecular weight is 401 g/mol. The summed E-state index contributed by atoms with van der Waals surface area (Å²) in [7, 11) is 4.26. The van der Waals surface area contributed by atoms with Gasteiger partial charge in [-0.1, -0.05) is 30.4 Å². The van der Waals surface area contributed by atoms with E-state index in [-0.39, 0.29) is 11.7 Å². The second-order valence-electron chi connectivity index (χ2n) is 8.55. The van der Waals surface area contributed by atoms with E-state index in [1.165, 1.54) is 17.5 Å². The molecule has 1 unspecified atom stereocenters. The highest BCUT2D eigenvalue weighted by molar-refractivity contribution is 6.04. The maximum absolute atomic E-state index is 12.7. The Morgan fingerprint density at radius 3 is 2.57 bits per heavy atom. The highest BCUT2D eigenvalue weighted by Gasteiger charge is 2.20. The summed E-state index contributed by atoms with van der Waals surface area (Å²) < 4.78 is 0. The number of nitrogens with zero attached hydrogens (tertiary/aromatic N) is 1. The van der Waals surface area contributed by atoms with Crippen molar-refractivity contribution in [2.45, 2.75) is 25.7 Å². The first kappa shape index (κ1) is 20.3. The number of hydrogen-bond donors (Lipinski definition) is 1. The number of nitrogens with one attached hydrogen (secondary N) is 1. The maximum atomic E-state index is 12.7. The fourth-order valence-electron chi connectivity index (χ4n) is 4.34. The lowest BCUT2D eigenvalue weighted by Gasteiger charge is -2.27. The molecular weight excluding hydrogens is 372 g/mol. The first-order valence-corrected chi connectivity index (χ1v) is 10.6. The molecule has 1 N–H and O–H groups in total. The van der Waals surface area contributed by atoms with Gasteiger partial charge in [0.25, 0.3) is 5.91 Å². The maximum Gasteiger partial charge on any atom is 0.255 e. The molecule has 0 bridgehead atoms. The zero-order valence-electron chi connectivity index (χ0n) is 17.7. The van der Waals surface area contributed by atoms with Gasteiger partial charge in [-0.15, -0.1) is 0 Å². The molecule has 2 aromatic rings. The van der Waals surface area contributed by atoms with Crippen LogP contribution in [0.4, 0.5) is 5.69 Å². The van der Waals surface area contributed by atoms with Gasteiger partial charge in [0, 0.05) is 24.2 Å². The lowest BCUT2D eigenvalue weighted by Crippen LogP contribution is -2.26. The molecule has 4 rings (SSSR count). The highest BCUT2D eigenvalue weighted by Crippen LogP contribution is 2.28. The van der Waals surface area contributed by atoms with E-state index in [1.54, 1.807) is 6.08 Å². The van der Waals surface area contributed by atoms with Crippen LogP contribution >= 0.6 is 0 Å². The quantitative estimate of drug-likeness (QED) is 0.803. The minimum atomic E-state index is -0.105. The van der Waals surface area contributed by atoms with Gasteiger partial charge in [-0.3, -0.25) is 9.59 Å². The molecular formula is C26H28N2O2. The summed E-state index contributed by atoms with van der Waals surface area (Å²) in [6.45, 7) is 1.12. The Balaban J connectivity index is 1.41. The number of fused-ring (bicyclic) bond motifs is 1. The molecule has 0 radical (unpaired) electrons. The molecule has 4 heteroatoms. The summed E-state index contributed by atoms with van der Waals surface area (Å²) in [5.41, 5.74) is 6.26. The van der Waals surface area contributed by atoms with Gasteiger partial charge < -0.3 is 10.2 Å². The summed E-state index contributed by atoms with van der Waals surface area (Å²) in [6.07, 6.45) is 9.16. The zero-order valence-corrected chi connectivity index (χ0v) is 17.7. The van der Waals surface area contributed by atoms with Gasteiger partial charge in [0.2, 0.25) is 0 Å². The normalized spacial score (nSPS) is 18.2. The fraction of sp³-hybridized carbons (Fsp3) is 0.308. The Bertz CT molecular complexity index is 1020. The van der Waals surface area contributed by atoms with Crippen LogP contribution in [0.25, 0.3) is 5.57 Å². The molecule has 2 aromatic carbocycles. The number of aryl methyl sites for hydroxylation is 1. The van der Waals surface area contributed by atoms with Gasteiger partial charge in [-0.25, -0.2) is 0 Å². The third-order valence-corrected chi connectivity index (χ3v) is 5.87. The molecule has 0 saturated heterocycles. The summed E-state index contributed by atoms with van der Waals surface area (Å²) in [5.74, 6) is 0.720. The Kier molecular flexibility index (Phi) is 5.96. The second kappa shape index (κ2) is 8.80. The molecule has 0 saturated carbocycles. The molecule has 0 aromatic heterocycles. The van der Waals surface area contributed by atoms with Crippen LogP contribution < -0.4 is 5.32 Å². The molecule has 0 aliphatic heterocycles. The first-order chi connectivity index (χ1) is 14.5. The third kappa shape index (κ3) is 4.77. The summed E-state index contributed by atoms with van der Waals surface area (Å²) in [6, 6.07) is 13.8. The minimum Gasteiger partial charge on any atom is -0.322 e. The van der Waals surface area contributed by atoms with Crippen molar-refractivity contribution in [3.05, 3.63) is 82.9 Å². The SMILES string of the molecule is CN(C)CC1CCc2cc(NC(=O)c3ccc(C4=CCC(=O)C=C4)cc3)ccc2C1. The van der Waals surface area contributed by atoms with Crippen LogP contribution in [0.5, 0.6) is 0 Å². The topological polar surface area (TPSA) is 49.4 Å². The number of amides is 1. The Hall–Kier alpha value is -2.98. The molecule has 2 aliphatic carbocycles. The predicted molar refractivity (Wildman–Crippen MR) is 122 cm³/mol. The number of carbonyl (C=O) groups is 2. The average Bonchev–Trinajstić information content (AvgIpc) is 2.74. The van der Waals surface area contributed by atoms with Crippen molar-refractivity contribution in [2.24, 2.45) is 5.92 Å². The van der Waals surface area contributed by atoms with E-state index in [4.69, 9.17) is 0 Å². The monoisotopic (exact) mass is 400 g/mol. The van der Waals surface area contributed by atoms with Gasteiger partial charge in [0.05, 0.1) is 0 Å². The van der Waals surface area contributed by atoms with Gasteiger partial charge in [-0.05, 0) is 91.9 Å². The summed E-state index contributed by atoms with van der Waals surface area (Å²) in [5, 5.41) is 3.04. The summed E-state index contributed by atoms with van der Waals surface area (Å²) >= 11 is 0. The Labute approximate surface area is 178 Å². The van der Waals surface area contributed by atoms with Crippen LogP contribution in [-0.4, -0.2) is 37.2 Å². The highest BCUT2D eigenvalue weighted by atomic mass is 16.1. The van der Waals surface area contributed by atoms with E-state index in [0.717, 1.165) is 36.2 Å². The van der Waals surface area contributed by atoms with Crippen LogP contribution in [0.3, 0.4) is 0 Å². The van der Waals surface area contributed by atoms with Crippen molar-refractivity contribution < 1.29 is 9.59 Å². The predicted octanol–water partition coefficient (Wildman–Crippen LogP) is 4.52. The third-order valence-electron chi connectivity index (χ3n) is 5.87. The molecule has 154 valence electrons. The van der Waals surface area contributed by atoms with Crippen molar-refractivity contribution in [1.29, 1.82) is 0 Å². The van der Waals surface area contributed by atoms with E-state index >= 15 is 0 Å². The number of anilines is 1. The standard InChI is InChI=1S/C26H28N2O2/c1-28(2)17-18-3-4-23-16-24(12-9-22(23)15-18)27-26(30)21-7-5-19(6-8-21)20-10-13-25(29)14-11-20/h5-13,16,18H,3-4,14-15,17H2,1-2H3,(H,27,30). The van der Waals surface area contributed by atoms with Crippen molar-refractivity contribution in [1.82, 2.24) is 4.90 Å². The lowest BCUT2D eigenvalue weighted by molar-refractivity contribution is -0.113. The molecule has 1 amide bonds. The number of allylic oxidation sites excluding steroid dienone is 4. The van der Waals surface area contributed by atoms with Crippen LogP contribution in [0, 0.1) is 5.92 Å². The fourth-order valence-corrected chi connectivity index (χ4v) is 4.34. The minimum absolute atomic E-state index is 0.105. The van der Waals surface area contributed by atoms with Crippen LogP contribution in [-0.2, 0) is 17.6 Å². The van der Waals surface area contributed by atoms with Gasteiger partial charge in [0.15, 0.2) is 5.78 Å². The first-order valence-electron chi connectivity index (χ1n) is 10.6. The van der Waals surface area contributed by atoms with Crippen molar-refractivity contribution in [3.8, 4) is 0 Å². The van der Waals surface area contributed by atoms with E-state index in [1.807, 2.05) is 42.5 Å². The van der Waals surface area contributed by atoms with Crippen molar-refractivity contribution >= 4 is 23.0 Å². The number of carbonyl (C=O) groups excluding carboxylic acids is 2. The van der Waals surface area contributed by atoms with Crippen molar-refractivity contribution in [3.63, 3.8) is 0 Å². The lowest BCUT2D eigenvalue weighted by atomic mass is 9.83. The zero-order chi connectivity index (χ0) is 21.1. The molecule has 0 fully saturated rings. The van der Waals surface area contributed by atoms with E-state index in [2.05, 4.69) is 36.4 Å². The van der Waals surface area contributed by atoms with E-state index in [9.17, 15) is 9.59 Å². The van der Waals surface area contributed by atoms with E-state index in [0.29, 0.717) is 17.9 Å². The largest absolute Gasteiger partial charge is 0.322 e. The number of ketones is 1. The second-order valence-corrected chi connectivity index (χ2v) is 8.55. The van der Waals surface area contributed by atoms with Gasteiger partial charge in [-0.2, -0.15) is 0 Å². The molecule has 0 heterocycles. The number of hydrogen-bond acceptors (Lipinski definition) is 3. The molecule has 0 spiro atoms.